The lowest BCUT2D eigenvalue weighted by Gasteiger charge is -2.17. The van der Waals surface area contributed by atoms with Gasteiger partial charge in [0.2, 0.25) is 13.8 Å². The second kappa shape index (κ2) is 7.61. The summed E-state index contributed by atoms with van der Waals surface area (Å²) < 4.78 is 4.74. The van der Waals surface area contributed by atoms with Crippen LogP contribution in [0.25, 0.3) is 0 Å². The van der Waals surface area contributed by atoms with Gasteiger partial charge in [0.15, 0.2) is 5.81 Å². The van der Waals surface area contributed by atoms with Gasteiger partial charge in [0.05, 0.1) is 6.61 Å². The van der Waals surface area contributed by atoms with E-state index in [0.29, 0.717) is 19.4 Å². The Kier molecular flexibility index (Phi) is 6.11. The van der Waals surface area contributed by atoms with Crippen LogP contribution in [0, 0.1) is 5.92 Å². The highest BCUT2D eigenvalue weighted by atomic mass is 16.5. The van der Waals surface area contributed by atoms with Crippen LogP contribution in [0.3, 0.4) is 0 Å². The van der Waals surface area contributed by atoms with Crippen LogP contribution in [0.2, 0.25) is 0 Å². The fourth-order valence-electron chi connectivity index (χ4n) is 1.93. The van der Waals surface area contributed by atoms with Crippen LogP contribution in [0.1, 0.15) is 19.8 Å². The number of esters is 1. The minimum absolute atomic E-state index is 0.0409. The van der Waals surface area contributed by atoms with Crippen molar-refractivity contribution < 1.29 is 19.1 Å². The zero-order valence-electron chi connectivity index (χ0n) is 10.8. The summed E-state index contributed by atoms with van der Waals surface area (Å²) in [6.07, 6.45) is 3.85. The molecule has 0 unspecified atom stereocenters. The molecule has 0 bridgehead atoms. The van der Waals surface area contributed by atoms with E-state index in [9.17, 15) is 14.4 Å². The molecule has 19 heavy (non-hydrogen) atoms. The quantitative estimate of drug-likeness (QED) is 0.398. The second-order valence-corrected chi connectivity index (χ2v) is 4.24. The molecule has 2 atom stereocenters. The highest BCUT2D eigenvalue weighted by Crippen LogP contribution is 2.16. The molecule has 2 N–H and O–H groups in total. The van der Waals surface area contributed by atoms with Crippen molar-refractivity contribution in [1.29, 1.82) is 0 Å². The lowest BCUT2D eigenvalue weighted by atomic mass is 9.97. The largest absolute Gasteiger partial charge is 0.463 e. The molecule has 1 aliphatic rings. The first-order chi connectivity index (χ1) is 9.02. The van der Waals surface area contributed by atoms with Gasteiger partial charge >= 0.3 is 5.97 Å². The van der Waals surface area contributed by atoms with Gasteiger partial charge in [-0.15, -0.1) is 0 Å². The Morgan fingerprint density at radius 2 is 2.37 bits per heavy atom. The molecule has 1 heterocycles. The summed E-state index contributed by atoms with van der Waals surface area (Å²) in [7, 11) is 5.07. The third kappa shape index (κ3) is 5.59. The van der Waals surface area contributed by atoms with Crippen molar-refractivity contribution >= 4 is 25.5 Å². The average Bonchev–Trinajstić information content (AvgIpc) is 2.72. The van der Waals surface area contributed by atoms with Gasteiger partial charge in [-0.1, -0.05) is 6.08 Å². The smallest absolute Gasteiger partial charge is 0.330 e. The highest BCUT2D eigenvalue weighted by Gasteiger charge is 2.26. The molecule has 6 nitrogen and oxygen atoms in total. The van der Waals surface area contributed by atoms with E-state index < -0.39 is 17.8 Å². The van der Waals surface area contributed by atoms with Crippen LogP contribution in [0.4, 0.5) is 4.79 Å². The van der Waals surface area contributed by atoms with Gasteiger partial charge in [-0.05, 0) is 19.8 Å². The first-order valence-corrected chi connectivity index (χ1v) is 6.21. The molecule has 1 saturated heterocycles. The molecule has 0 aromatic rings. The van der Waals surface area contributed by atoms with E-state index in [2.05, 4.69) is 10.6 Å². The van der Waals surface area contributed by atoms with Crippen molar-refractivity contribution in [1.82, 2.24) is 10.6 Å². The molecule has 0 saturated carbocycles. The number of carbonyl (C=O) groups excluding carboxylic acids is 3. The minimum atomic E-state index is -0.697. The Morgan fingerprint density at radius 1 is 1.63 bits per heavy atom. The molecular formula is C12H17BN2O4. The molecule has 7 heteroatoms. The third-order valence-corrected chi connectivity index (χ3v) is 2.78. The number of carbonyl (C=O) groups is 3. The fourth-order valence-corrected chi connectivity index (χ4v) is 1.93. The van der Waals surface area contributed by atoms with Crippen molar-refractivity contribution in [2.24, 2.45) is 5.92 Å². The monoisotopic (exact) mass is 264 g/mol. The topological polar surface area (TPSA) is 84.5 Å². The fraction of sp³-hybridized carbons (Fsp3) is 0.583. The lowest BCUT2D eigenvalue weighted by molar-refractivity contribution is -0.137. The predicted octanol–water partition coefficient (Wildman–Crippen LogP) is -0.121. The van der Waals surface area contributed by atoms with Crippen molar-refractivity contribution in [2.45, 2.75) is 25.8 Å². The minimum Gasteiger partial charge on any atom is -0.463 e. The Balaban J connectivity index is 2.58. The first-order valence-electron chi connectivity index (χ1n) is 6.21. The van der Waals surface area contributed by atoms with Crippen molar-refractivity contribution in [3.63, 3.8) is 0 Å². The number of amides is 2. The average molecular weight is 264 g/mol. The number of nitrogens with one attached hydrogen (secondary N) is 2. The summed E-state index contributed by atoms with van der Waals surface area (Å²) >= 11 is 0. The molecular weight excluding hydrogens is 247 g/mol. The van der Waals surface area contributed by atoms with Crippen LogP contribution < -0.4 is 10.6 Å². The summed E-state index contributed by atoms with van der Waals surface area (Å²) in [5.41, 5.74) is 0. The molecule has 1 rings (SSSR count). The molecule has 0 aromatic carbocycles. The van der Waals surface area contributed by atoms with E-state index >= 15 is 0 Å². The summed E-state index contributed by atoms with van der Waals surface area (Å²) in [6, 6.07) is -0.462. The van der Waals surface area contributed by atoms with Crippen LogP contribution in [-0.2, 0) is 14.3 Å². The highest BCUT2D eigenvalue weighted by molar-refractivity contribution is 6.57. The van der Waals surface area contributed by atoms with Crippen LogP contribution in [0.15, 0.2) is 12.2 Å². The third-order valence-electron chi connectivity index (χ3n) is 2.78. The van der Waals surface area contributed by atoms with E-state index in [1.165, 1.54) is 12.2 Å². The van der Waals surface area contributed by atoms with Crippen molar-refractivity contribution in [3.05, 3.63) is 12.2 Å². The second-order valence-electron chi connectivity index (χ2n) is 4.24. The Labute approximate surface area is 113 Å². The van der Waals surface area contributed by atoms with Gasteiger partial charge in [0.1, 0.15) is 0 Å². The molecule has 102 valence electrons. The van der Waals surface area contributed by atoms with E-state index in [4.69, 9.17) is 12.6 Å². The maximum Gasteiger partial charge on any atom is 0.330 e. The predicted molar refractivity (Wildman–Crippen MR) is 69.6 cm³/mol. The van der Waals surface area contributed by atoms with Gasteiger partial charge < -0.3 is 15.4 Å². The molecule has 2 radical (unpaired) electrons. The number of hydrogen-bond acceptors (Lipinski definition) is 4. The van der Waals surface area contributed by atoms with Gasteiger partial charge in [-0.25, -0.2) is 4.79 Å². The molecule has 2 amide bonds. The number of hydrogen-bond donors (Lipinski definition) is 2. The van der Waals surface area contributed by atoms with Crippen molar-refractivity contribution in [2.75, 3.05) is 13.2 Å². The van der Waals surface area contributed by atoms with Gasteiger partial charge in [0, 0.05) is 24.6 Å². The molecule has 1 aliphatic heterocycles. The molecule has 0 aromatic heterocycles. The standard InChI is InChI=1S/C12H17BN2O4/c1-2-19-10(16)4-3-9(15-12(13)18)7-8-5-6-14-11(8)17/h3-4,8-9H,2,5-7H2,1H3,(H,14,17)(H,15,18)/b4-3+/t8-,9+/m0/s1. The normalized spacial score (nSPS) is 20.1. The SMILES string of the molecule is [B]C(=O)N[C@H](/C=C/C(=O)OCC)C[C@@H]1CCNC1=O. The maximum absolute atomic E-state index is 11.5. The van der Waals surface area contributed by atoms with Crippen LogP contribution in [0.5, 0.6) is 0 Å². The van der Waals surface area contributed by atoms with E-state index in [-0.39, 0.29) is 18.4 Å². The maximum atomic E-state index is 11.5. The summed E-state index contributed by atoms with van der Waals surface area (Å²) in [5, 5.41) is 5.20. The summed E-state index contributed by atoms with van der Waals surface area (Å²) in [6.45, 7) is 2.62. The summed E-state index contributed by atoms with van der Waals surface area (Å²) in [5.74, 6) is -1.41. The van der Waals surface area contributed by atoms with Gasteiger partial charge in [-0.2, -0.15) is 0 Å². The Bertz CT molecular complexity index is 384. The zero-order chi connectivity index (χ0) is 14.3. The first kappa shape index (κ1) is 15.3. The van der Waals surface area contributed by atoms with Gasteiger partial charge in [-0.3, -0.25) is 9.59 Å². The number of ether oxygens (including phenoxy) is 1. The van der Waals surface area contributed by atoms with Gasteiger partial charge in [0.25, 0.3) is 0 Å². The van der Waals surface area contributed by atoms with E-state index in [1.54, 1.807) is 6.92 Å². The lowest BCUT2D eigenvalue weighted by Crippen LogP contribution is -2.35. The Morgan fingerprint density at radius 3 is 2.89 bits per heavy atom. The van der Waals surface area contributed by atoms with E-state index in [1.807, 2.05) is 0 Å². The Hall–Kier alpha value is -1.79. The molecule has 0 spiro atoms. The molecule has 0 aliphatic carbocycles. The zero-order valence-corrected chi connectivity index (χ0v) is 10.8. The summed E-state index contributed by atoms with van der Waals surface area (Å²) in [4.78, 5) is 33.6. The van der Waals surface area contributed by atoms with E-state index in [0.717, 1.165) is 0 Å². The van der Waals surface area contributed by atoms with Crippen LogP contribution in [-0.4, -0.2) is 44.7 Å². The van der Waals surface area contributed by atoms with Crippen molar-refractivity contribution in [3.8, 4) is 0 Å². The van der Waals surface area contributed by atoms with Crippen LogP contribution >= 0.6 is 0 Å². The number of rotatable bonds is 6. The molecule has 1 fully saturated rings.